The Bertz CT molecular complexity index is 831. The summed E-state index contributed by atoms with van der Waals surface area (Å²) in [4.78, 5) is 0. The topological polar surface area (TPSA) is 41.6 Å². The van der Waals surface area contributed by atoms with Crippen molar-refractivity contribution in [2.24, 2.45) is 5.41 Å². The van der Waals surface area contributed by atoms with Crippen LogP contribution in [0.4, 0.5) is 8.78 Å². The summed E-state index contributed by atoms with van der Waals surface area (Å²) in [7, 11) is 0. The first kappa shape index (κ1) is 15.4. The van der Waals surface area contributed by atoms with Gasteiger partial charge in [-0.25, -0.2) is 13.5 Å². The van der Waals surface area contributed by atoms with E-state index in [1.165, 1.54) is 12.1 Å². The fraction of sp³-hybridized carbons (Fsp3) is 0.333. The quantitative estimate of drug-likeness (QED) is 0.834. The van der Waals surface area contributed by atoms with Gasteiger partial charge in [-0.3, -0.25) is 0 Å². The second-order valence-corrected chi connectivity index (χ2v) is 6.47. The highest BCUT2D eigenvalue weighted by Gasteiger charge is 2.27. The van der Waals surface area contributed by atoms with Crippen LogP contribution >= 0.6 is 0 Å². The van der Waals surface area contributed by atoms with Crippen LogP contribution in [0.3, 0.4) is 0 Å². The van der Waals surface area contributed by atoms with Crippen LogP contribution in [0.15, 0.2) is 18.2 Å². The average molecular weight is 313 g/mol. The minimum absolute atomic E-state index is 0.0422. The molecule has 1 aromatic heterocycles. The molecule has 1 aliphatic rings. The molecule has 3 nitrogen and oxygen atoms in total. The van der Waals surface area contributed by atoms with Crippen LogP contribution in [0.1, 0.15) is 43.3 Å². The Morgan fingerprint density at radius 1 is 1.30 bits per heavy atom. The molecule has 0 radical (unpaired) electrons. The number of hydrogen-bond donors (Lipinski definition) is 0. The molecular formula is C18H17F2N3. The normalized spacial score (nSPS) is 15.3. The van der Waals surface area contributed by atoms with Gasteiger partial charge in [-0.1, -0.05) is 32.9 Å². The standard InChI is InChI=1S/C18H17F2N3/c1-4-16-12-5-6-18(2,3)9-17(12)23(22-16)11-7-14(19)13(10-21)15(20)8-11/h5-8H,4,9H2,1-3H3. The van der Waals surface area contributed by atoms with Crippen molar-refractivity contribution in [2.75, 3.05) is 0 Å². The minimum atomic E-state index is -0.865. The minimum Gasteiger partial charge on any atom is -0.237 e. The first-order valence-electron chi connectivity index (χ1n) is 7.56. The van der Waals surface area contributed by atoms with Gasteiger partial charge < -0.3 is 0 Å². The van der Waals surface area contributed by atoms with Crippen molar-refractivity contribution in [1.82, 2.24) is 9.78 Å². The van der Waals surface area contributed by atoms with E-state index >= 15 is 0 Å². The van der Waals surface area contributed by atoms with Gasteiger partial charge in [0.15, 0.2) is 0 Å². The number of benzene rings is 1. The Hall–Kier alpha value is -2.48. The molecule has 0 saturated heterocycles. The number of aromatic nitrogens is 2. The second kappa shape index (κ2) is 5.31. The number of allylic oxidation sites excluding steroid dienone is 1. The first-order valence-corrected chi connectivity index (χ1v) is 7.56. The fourth-order valence-electron chi connectivity index (χ4n) is 2.94. The molecule has 23 heavy (non-hydrogen) atoms. The van der Waals surface area contributed by atoms with Crippen molar-refractivity contribution in [3.63, 3.8) is 0 Å². The maximum atomic E-state index is 14.0. The summed E-state index contributed by atoms with van der Waals surface area (Å²) < 4.78 is 29.5. The van der Waals surface area contributed by atoms with Crippen LogP contribution in [0.5, 0.6) is 0 Å². The predicted molar refractivity (Wildman–Crippen MR) is 84.1 cm³/mol. The van der Waals surface area contributed by atoms with Crippen molar-refractivity contribution in [1.29, 1.82) is 5.26 Å². The SMILES string of the molecule is CCc1nn(-c2cc(F)c(C#N)c(F)c2)c2c1C=CC(C)(C)C2. The van der Waals surface area contributed by atoms with E-state index in [-0.39, 0.29) is 5.41 Å². The Labute approximate surface area is 133 Å². The second-order valence-electron chi connectivity index (χ2n) is 6.47. The molecule has 0 N–H and O–H groups in total. The van der Waals surface area contributed by atoms with Crippen molar-refractivity contribution < 1.29 is 8.78 Å². The molecule has 5 heteroatoms. The Balaban J connectivity index is 2.21. The van der Waals surface area contributed by atoms with Crippen molar-refractivity contribution >= 4 is 6.08 Å². The molecule has 1 aromatic carbocycles. The first-order chi connectivity index (χ1) is 10.9. The lowest BCUT2D eigenvalue weighted by molar-refractivity contribution is 0.461. The third-order valence-electron chi connectivity index (χ3n) is 4.14. The molecule has 0 bridgehead atoms. The highest BCUT2D eigenvalue weighted by molar-refractivity contribution is 5.60. The summed E-state index contributed by atoms with van der Waals surface area (Å²) in [6.45, 7) is 6.21. The van der Waals surface area contributed by atoms with Crippen LogP contribution < -0.4 is 0 Å². The zero-order chi connectivity index (χ0) is 16.8. The molecule has 1 heterocycles. The highest BCUT2D eigenvalue weighted by atomic mass is 19.1. The van der Waals surface area contributed by atoms with E-state index in [0.29, 0.717) is 5.69 Å². The summed E-state index contributed by atoms with van der Waals surface area (Å²) >= 11 is 0. The summed E-state index contributed by atoms with van der Waals surface area (Å²) in [6.07, 6.45) is 5.65. The molecule has 0 spiro atoms. The van der Waals surface area contributed by atoms with E-state index in [1.54, 1.807) is 10.8 Å². The van der Waals surface area contributed by atoms with Crippen LogP contribution in [0, 0.1) is 28.4 Å². The van der Waals surface area contributed by atoms with Gasteiger partial charge in [-0.05, 0) is 18.3 Å². The molecule has 1 aliphatic carbocycles. The molecule has 0 atom stereocenters. The molecule has 0 fully saturated rings. The number of nitrogens with zero attached hydrogens (tertiary/aromatic N) is 3. The van der Waals surface area contributed by atoms with Crippen LogP contribution in [0.25, 0.3) is 11.8 Å². The lowest BCUT2D eigenvalue weighted by Crippen LogP contribution is -2.18. The number of fused-ring (bicyclic) bond motifs is 1. The van der Waals surface area contributed by atoms with Crippen LogP contribution in [-0.4, -0.2) is 9.78 Å². The van der Waals surface area contributed by atoms with E-state index < -0.39 is 17.2 Å². The van der Waals surface area contributed by atoms with Gasteiger partial charge in [0.05, 0.1) is 17.1 Å². The van der Waals surface area contributed by atoms with Gasteiger partial charge in [0.25, 0.3) is 0 Å². The van der Waals surface area contributed by atoms with Gasteiger partial charge >= 0.3 is 0 Å². The van der Waals surface area contributed by atoms with Crippen molar-refractivity contribution in [3.8, 4) is 11.8 Å². The number of halogens is 2. The van der Waals surface area contributed by atoms with Crippen molar-refractivity contribution in [3.05, 3.63) is 52.4 Å². The van der Waals surface area contributed by atoms with Crippen LogP contribution in [-0.2, 0) is 12.8 Å². The Morgan fingerprint density at radius 3 is 2.52 bits per heavy atom. The van der Waals surface area contributed by atoms with Gasteiger partial charge in [0.1, 0.15) is 23.3 Å². The molecule has 118 valence electrons. The summed E-state index contributed by atoms with van der Waals surface area (Å²) in [5, 5.41) is 13.3. The van der Waals surface area contributed by atoms with E-state index in [1.807, 2.05) is 13.0 Å². The van der Waals surface area contributed by atoms with Gasteiger partial charge in [0.2, 0.25) is 0 Å². The molecule has 0 amide bonds. The lowest BCUT2D eigenvalue weighted by Gasteiger charge is -2.25. The largest absolute Gasteiger partial charge is 0.237 e. The fourth-order valence-corrected chi connectivity index (χ4v) is 2.94. The van der Waals surface area contributed by atoms with Gasteiger partial charge in [-0.15, -0.1) is 0 Å². The molecule has 0 saturated carbocycles. The number of hydrogen-bond acceptors (Lipinski definition) is 2. The third kappa shape index (κ3) is 2.55. The molecular weight excluding hydrogens is 296 g/mol. The maximum absolute atomic E-state index is 14.0. The Morgan fingerprint density at radius 2 is 1.96 bits per heavy atom. The molecule has 3 rings (SSSR count). The maximum Gasteiger partial charge on any atom is 0.146 e. The molecule has 0 aliphatic heterocycles. The molecule has 0 unspecified atom stereocenters. The van der Waals surface area contributed by atoms with E-state index in [9.17, 15) is 8.78 Å². The van der Waals surface area contributed by atoms with Crippen LogP contribution in [0.2, 0.25) is 0 Å². The predicted octanol–water partition coefficient (Wildman–Crippen LogP) is 4.18. The van der Waals surface area contributed by atoms with Gasteiger partial charge in [0, 0.05) is 17.7 Å². The zero-order valence-corrected chi connectivity index (χ0v) is 13.3. The van der Waals surface area contributed by atoms with Crippen molar-refractivity contribution in [2.45, 2.75) is 33.6 Å². The number of aryl methyl sites for hydroxylation is 1. The van der Waals surface area contributed by atoms with E-state index in [0.717, 1.165) is 29.8 Å². The molecule has 2 aromatic rings. The Kier molecular flexibility index (Phi) is 3.56. The average Bonchev–Trinajstić information content (AvgIpc) is 2.83. The smallest absolute Gasteiger partial charge is 0.146 e. The highest BCUT2D eigenvalue weighted by Crippen LogP contribution is 2.35. The zero-order valence-electron chi connectivity index (χ0n) is 13.3. The number of rotatable bonds is 2. The van der Waals surface area contributed by atoms with E-state index in [4.69, 9.17) is 5.26 Å². The third-order valence-corrected chi connectivity index (χ3v) is 4.14. The van der Waals surface area contributed by atoms with E-state index in [2.05, 4.69) is 25.0 Å². The summed E-state index contributed by atoms with van der Waals surface area (Å²) in [5.74, 6) is -1.73. The number of nitriles is 1. The van der Waals surface area contributed by atoms with Gasteiger partial charge in [-0.2, -0.15) is 10.4 Å². The lowest BCUT2D eigenvalue weighted by atomic mass is 9.81. The summed E-state index contributed by atoms with van der Waals surface area (Å²) in [5.41, 5.74) is 2.57. The monoisotopic (exact) mass is 313 g/mol. The summed E-state index contributed by atoms with van der Waals surface area (Å²) in [6, 6.07) is 3.88.